The van der Waals surface area contributed by atoms with Crippen molar-refractivity contribution in [3.8, 4) is 5.75 Å². The fourth-order valence-electron chi connectivity index (χ4n) is 4.07. The number of aromatic nitrogens is 4. The number of rotatable bonds is 5. The molecule has 8 heteroatoms. The van der Waals surface area contributed by atoms with Crippen molar-refractivity contribution in [3.05, 3.63) is 45.1 Å². The van der Waals surface area contributed by atoms with Gasteiger partial charge < -0.3 is 14.2 Å². The Morgan fingerprint density at radius 1 is 1.17 bits per heavy atom. The SMILES string of the molecule is COc1ccc(N2CC(C)Cn3c2nc2c3c(=O)n(CCC(C)C)c(=O)n2C)cc1. The van der Waals surface area contributed by atoms with Gasteiger partial charge in [0.2, 0.25) is 5.95 Å². The molecule has 1 atom stereocenters. The van der Waals surface area contributed by atoms with Gasteiger partial charge in [-0.15, -0.1) is 0 Å². The van der Waals surface area contributed by atoms with Crippen molar-refractivity contribution in [3.63, 3.8) is 0 Å². The summed E-state index contributed by atoms with van der Waals surface area (Å²) in [6.07, 6.45) is 0.774. The zero-order valence-corrected chi connectivity index (χ0v) is 18.3. The molecule has 0 fully saturated rings. The highest BCUT2D eigenvalue weighted by molar-refractivity contribution is 5.77. The molecule has 2 aromatic heterocycles. The fourth-order valence-corrected chi connectivity index (χ4v) is 4.07. The minimum atomic E-state index is -0.312. The van der Waals surface area contributed by atoms with Crippen molar-refractivity contribution >= 4 is 22.8 Å². The molecular formula is C22H29N5O3. The van der Waals surface area contributed by atoms with Gasteiger partial charge in [-0.05, 0) is 42.5 Å². The van der Waals surface area contributed by atoms with Crippen LogP contribution in [0.25, 0.3) is 11.2 Å². The average molecular weight is 412 g/mol. The lowest BCUT2D eigenvalue weighted by atomic mass is 10.1. The van der Waals surface area contributed by atoms with Crippen molar-refractivity contribution in [1.82, 2.24) is 18.7 Å². The van der Waals surface area contributed by atoms with Crippen LogP contribution in [0.15, 0.2) is 33.9 Å². The summed E-state index contributed by atoms with van der Waals surface area (Å²) in [5, 5.41) is 0. The maximum Gasteiger partial charge on any atom is 0.332 e. The number of methoxy groups -OCH3 is 1. The lowest BCUT2D eigenvalue weighted by molar-refractivity contribution is 0.414. The third-order valence-corrected chi connectivity index (χ3v) is 5.76. The van der Waals surface area contributed by atoms with Crippen LogP contribution in [0.1, 0.15) is 27.2 Å². The van der Waals surface area contributed by atoms with Crippen molar-refractivity contribution < 1.29 is 4.74 Å². The summed E-state index contributed by atoms with van der Waals surface area (Å²) in [6.45, 7) is 8.22. The Bertz CT molecular complexity index is 1190. The molecule has 0 amide bonds. The van der Waals surface area contributed by atoms with E-state index in [1.807, 2.05) is 28.8 Å². The lowest BCUT2D eigenvalue weighted by Gasteiger charge is -2.33. The summed E-state index contributed by atoms with van der Waals surface area (Å²) in [4.78, 5) is 33.1. The Hall–Kier alpha value is -3.03. The standard InChI is InChI=1S/C22H29N5O3/c1-14(2)10-11-25-20(28)18-19(24(4)22(25)29)23-21-26(12-15(3)13-27(18)21)16-6-8-17(30-5)9-7-16/h6-9,14-15H,10-13H2,1-5H3. The molecule has 0 saturated carbocycles. The van der Waals surface area contributed by atoms with E-state index in [1.165, 1.54) is 9.13 Å². The Labute approximate surface area is 175 Å². The second kappa shape index (κ2) is 7.66. The fraction of sp³-hybridized carbons (Fsp3) is 0.500. The van der Waals surface area contributed by atoms with Gasteiger partial charge in [0.1, 0.15) is 5.75 Å². The first kappa shape index (κ1) is 20.3. The van der Waals surface area contributed by atoms with Gasteiger partial charge in [0.25, 0.3) is 5.56 Å². The van der Waals surface area contributed by atoms with E-state index in [0.717, 1.165) is 24.4 Å². The van der Waals surface area contributed by atoms with Crippen LogP contribution >= 0.6 is 0 Å². The molecule has 1 aromatic carbocycles. The molecule has 1 aliphatic heterocycles. The maximum atomic E-state index is 13.3. The van der Waals surface area contributed by atoms with Crippen LogP contribution in [0.3, 0.4) is 0 Å². The van der Waals surface area contributed by atoms with E-state index < -0.39 is 0 Å². The lowest BCUT2D eigenvalue weighted by Crippen LogP contribution is -2.40. The van der Waals surface area contributed by atoms with Gasteiger partial charge in [-0.1, -0.05) is 20.8 Å². The van der Waals surface area contributed by atoms with Crippen LogP contribution in [0, 0.1) is 11.8 Å². The highest BCUT2D eigenvalue weighted by Crippen LogP contribution is 2.33. The highest BCUT2D eigenvalue weighted by Gasteiger charge is 2.29. The number of aryl methyl sites for hydroxylation is 1. The first-order valence-corrected chi connectivity index (χ1v) is 10.4. The van der Waals surface area contributed by atoms with Crippen LogP contribution in [-0.2, 0) is 20.1 Å². The molecule has 0 aliphatic carbocycles. The van der Waals surface area contributed by atoms with E-state index in [9.17, 15) is 9.59 Å². The summed E-state index contributed by atoms with van der Waals surface area (Å²) >= 11 is 0. The van der Waals surface area contributed by atoms with Gasteiger partial charge in [0.15, 0.2) is 11.2 Å². The number of nitrogens with zero attached hydrogens (tertiary/aromatic N) is 5. The molecule has 160 valence electrons. The molecule has 0 N–H and O–H groups in total. The first-order valence-electron chi connectivity index (χ1n) is 10.4. The highest BCUT2D eigenvalue weighted by atomic mass is 16.5. The van der Waals surface area contributed by atoms with E-state index in [2.05, 4.69) is 25.7 Å². The second-order valence-electron chi connectivity index (χ2n) is 8.59. The number of ether oxygens (including phenoxy) is 1. The Morgan fingerprint density at radius 2 is 1.87 bits per heavy atom. The van der Waals surface area contributed by atoms with Crippen LogP contribution in [0.4, 0.5) is 11.6 Å². The van der Waals surface area contributed by atoms with Gasteiger partial charge in [-0.2, -0.15) is 4.98 Å². The maximum absolute atomic E-state index is 13.3. The molecule has 3 heterocycles. The van der Waals surface area contributed by atoms with Crippen molar-refractivity contribution in [2.45, 2.75) is 40.3 Å². The van der Waals surface area contributed by atoms with Crippen molar-refractivity contribution in [2.24, 2.45) is 18.9 Å². The summed E-state index contributed by atoms with van der Waals surface area (Å²) < 4.78 is 10.1. The van der Waals surface area contributed by atoms with Gasteiger partial charge in [-0.25, -0.2) is 4.79 Å². The normalized spacial score (nSPS) is 16.3. The summed E-state index contributed by atoms with van der Waals surface area (Å²) in [6, 6.07) is 7.80. The molecule has 0 bridgehead atoms. The Kier molecular flexibility index (Phi) is 5.17. The second-order valence-corrected chi connectivity index (χ2v) is 8.59. The number of hydrogen-bond donors (Lipinski definition) is 0. The van der Waals surface area contributed by atoms with Crippen LogP contribution < -0.4 is 20.9 Å². The van der Waals surface area contributed by atoms with Gasteiger partial charge >= 0.3 is 5.69 Å². The number of fused-ring (bicyclic) bond motifs is 3. The van der Waals surface area contributed by atoms with E-state index in [4.69, 9.17) is 9.72 Å². The molecule has 30 heavy (non-hydrogen) atoms. The van der Waals surface area contributed by atoms with Crippen LogP contribution in [-0.4, -0.2) is 32.3 Å². The molecular weight excluding hydrogens is 382 g/mol. The molecule has 0 spiro atoms. The predicted octanol–water partition coefficient (Wildman–Crippen LogP) is 2.74. The Morgan fingerprint density at radius 3 is 2.50 bits per heavy atom. The molecule has 3 aromatic rings. The predicted molar refractivity (Wildman–Crippen MR) is 118 cm³/mol. The topological polar surface area (TPSA) is 74.3 Å². The van der Waals surface area contributed by atoms with Crippen molar-refractivity contribution in [1.29, 1.82) is 0 Å². The minimum absolute atomic E-state index is 0.253. The molecule has 0 radical (unpaired) electrons. The quantitative estimate of drug-likeness (QED) is 0.645. The minimum Gasteiger partial charge on any atom is -0.497 e. The molecule has 0 saturated heterocycles. The van der Waals surface area contributed by atoms with E-state index >= 15 is 0 Å². The van der Waals surface area contributed by atoms with Crippen LogP contribution in [0.2, 0.25) is 0 Å². The third-order valence-electron chi connectivity index (χ3n) is 5.76. The number of hydrogen-bond acceptors (Lipinski definition) is 5. The zero-order valence-electron chi connectivity index (χ0n) is 18.3. The molecule has 4 rings (SSSR count). The third kappa shape index (κ3) is 3.30. The van der Waals surface area contributed by atoms with Crippen LogP contribution in [0.5, 0.6) is 5.75 Å². The number of anilines is 2. The van der Waals surface area contributed by atoms with E-state index in [0.29, 0.717) is 42.0 Å². The first-order chi connectivity index (χ1) is 14.3. The largest absolute Gasteiger partial charge is 0.497 e. The summed E-state index contributed by atoms with van der Waals surface area (Å²) in [5.41, 5.74) is 1.35. The summed E-state index contributed by atoms with van der Waals surface area (Å²) in [5.74, 6) is 2.20. The smallest absolute Gasteiger partial charge is 0.332 e. The number of imidazole rings is 1. The molecule has 1 unspecified atom stereocenters. The monoisotopic (exact) mass is 411 g/mol. The van der Waals surface area contributed by atoms with E-state index in [-0.39, 0.29) is 11.2 Å². The molecule has 8 nitrogen and oxygen atoms in total. The average Bonchev–Trinajstić information content (AvgIpc) is 3.11. The van der Waals surface area contributed by atoms with Gasteiger partial charge in [0.05, 0.1) is 7.11 Å². The summed E-state index contributed by atoms with van der Waals surface area (Å²) in [7, 11) is 3.33. The molecule has 1 aliphatic rings. The van der Waals surface area contributed by atoms with E-state index in [1.54, 1.807) is 14.2 Å². The zero-order chi connectivity index (χ0) is 21.6. The Balaban J connectivity index is 1.91. The van der Waals surface area contributed by atoms with Crippen molar-refractivity contribution in [2.75, 3.05) is 18.6 Å². The van der Waals surface area contributed by atoms with Gasteiger partial charge in [0, 0.05) is 32.4 Å². The number of benzene rings is 1. The van der Waals surface area contributed by atoms with Gasteiger partial charge in [-0.3, -0.25) is 13.9 Å².